The van der Waals surface area contributed by atoms with Gasteiger partial charge in [0, 0.05) is 36.0 Å². The van der Waals surface area contributed by atoms with Crippen LogP contribution in [0.15, 0.2) is 42.6 Å². The van der Waals surface area contributed by atoms with Crippen molar-refractivity contribution in [2.75, 3.05) is 18.0 Å². The van der Waals surface area contributed by atoms with Crippen molar-refractivity contribution in [3.8, 4) is 0 Å². The molecule has 24 heavy (non-hydrogen) atoms. The molecule has 1 aliphatic rings. The summed E-state index contributed by atoms with van der Waals surface area (Å²) in [4.78, 5) is 18.6. The normalized spacial score (nSPS) is 16.9. The minimum absolute atomic E-state index is 0.133. The number of aryl methyl sites for hydroxylation is 1. The van der Waals surface area contributed by atoms with Gasteiger partial charge in [-0.15, -0.1) is 0 Å². The number of urea groups is 1. The van der Waals surface area contributed by atoms with Crippen LogP contribution in [0.1, 0.15) is 17.7 Å². The number of nitrogens with zero attached hydrogens (tertiary/aromatic N) is 2. The van der Waals surface area contributed by atoms with Gasteiger partial charge in [0.2, 0.25) is 0 Å². The lowest BCUT2D eigenvalue weighted by Gasteiger charge is -2.19. The molecule has 2 amide bonds. The van der Waals surface area contributed by atoms with Crippen LogP contribution in [0.25, 0.3) is 0 Å². The lowest BCUT2D eigenvalue weighted by Crippen LogP contribution is -2.43. The molecule has 0 radical (unpaired) electrons. The van der Waals surface area contributed by atoms with E-state index in [0.717, 1.165) is 41.5 Å². The van der Waals surface area contributed by atoms with E-state index >= 15 is 0 Å². The standard InChI is InChI=1S/C18H21ClN4O/c1-13-4-3-8-20-17(13)11-21-18(24)22-15-7-9-23(12-15)16-6-2-5-14(19)10-16/h2-6,8,10,15H,7,9,11-12H2,1H3,(H2,21,22,24)/t15-/m0/s1. The molecule has 0 aliphatic carbocycles. The Hall–Kier alpha value is -2.27. The highest BCUT2D eigenvalue weighted by atomic mass is 35.5. The number of hydrogen-bond acceptors (Lipinski definition) is 3. The van der Waals surface area contributed by atoms with E-state index in [-0.39, 0.29) is 12.1 Å². The number of pyridine rings is 1. The van der Waals surface area contributed by atoms with Gasteiger partial charge >= 0.3 is 6.03 Å². The summed E-state index contributed by atoms with van der Waals surface area (Å²) in [6, 6.07) is 11.7. The molecule has 0 unspecified atom stereocenters. The number of amides is 2. The van der Waals surface area contributed by atoms with Crippen molar-refractivity contribution in [2.24, 2.45) is 0 Å². The van der Waals surface area contributed by atoms with Crippen LogP contribution in [0.4, 0.5) is 10.5 Å². The summed E-state index contributed by atoms with van der Waals surface area (Å²) in [6.07, 6.45) is 2.66. The van der Waals surface area contributed by atoms with E-state index in [2.05, 4.69) is 20.5 Å². The Morgan fingerprint density at radius 3 is 3.04 bits per heavy atom. The zero-order chi connectivity index (χ0) is 16.9. The zero-order valence-corrected chi connectivity index (χ0v) is 14.4. The first-order valence-electron chi connectivity index (χ1n) is 8.07. The molecule has 126 valence electrons. The van der Waals surface area contributed by atoms with E-state index in [0.29, 0.717) is 6.54 Å². The maximum atomic E-state index is 12.1. The summed E-state index contributed by atoms with van der Waals surface area (Å²) in [7, 11) is 0. The molecule has 1 atom stereocenters. The van der Waals surface area contributed by atoms with E-state index < -0.39 is 0 Å². The third-order valence-electron chi connectivity index (χ3n) is 4.23. The molecule has 2 aromatic rings. The fourth-order valence-corrected chi connectivity index (χ4v) is 3.07. The van der Waals surface area contributed by atoms with Gasteiger partial charge in [0.05, 0.1) is 12.2 Å². The highest BCUT2D eigenvalue weighted by Gasteiger charge is 2.24. The summed E-state index contributed by atoms with van der Waals surface area (Å²) in [6.45, 7) is 4.12. The van der Waals surface area contributed by atoms with E-state index in [1.807, 2.05) is 43.3 Å². The molecule has 1 aromatic heterocycles. The molecule has 0 saturated carbocycles. The first-order valence-corrected chi connectivity index (χ1v) is 8.45. The van der Waals surface area contributed by atoms with Crippen molar-refractivity contribution in [3.63, 3.8) is 0 Å². The Morgan fingerprint density at radius 1 is 1.38 bits per heavy atom. The largest absolute Gasteiger partial charge is 0.369 e. The van der Waals surface area contributed by atoms with Crippen LogP contribution in [0.5, 0.6) is 0 Å². The van der Waals surface area contributed by atoms with Gasteiger partial charge in [0.15, 0.2) is 0 Å². The molecule has 2 heterocycles. The summed E-state index contributed by atoms with van der Waals surface area (Å²) in [5.74, 6) is 0. The van der Waals surface area contributed by atoms with Crippen LogP contribution in [0.2, 0.25) is 5.02 Å². The molecule has 0 spiro atoms. The highest BCUT2D eigenvalue weighted by Crippen LogP contribution is 2.23. The molecular weight excluding hydrogens is 324 g/mol. The number of carbonyl (C=O) groups excluding carboxylic acids is 1. The summed E-state index contributed by atoms with van der Waals surface area (Å²) in [5, 5.41) is 6.64. The molecule has 3 rings (SSSR count). The average Bonchev–Trinajstić information content (AvgIpc) is 3.02. The van der Waals surface area contributed by atoms with E-state index in [1.165, 1.54) is 0 Å². The van der Waals surface area contributed by atoms with Crippen molar-refractivity contribution in [1.82, 2.24) is 15.6 Å². The zero-order valence-electron chi connectivity index (χ0n) is 13.6. The Bertz CT molecular complexity index is 722. The Morgan fingerprint density at radius 2 is 2.25 bits per heavy atom. The molecule has 0 bridgehead atoms. The minimum Gasteiger partial charge on any atom is -0.369 e. The number of nitrogens with one attached hydrogen (secondary N) is 2. The molecule has 1 aromatic carbocycles. The number of rotatable bonds is 4. The van der Waals surface area contributed by atoms with Gasteiger partial charge in [-0.3, -0.25) is 4.98 Å². The van der Waals surface area contributed by atoms with Crippen molar-refractivity contribution in [1.29, 1.82) is 0 Å². The van der Waals surface area contributed by atoms with E-state index in [4.69, 9.17) is 11.6 Å². The first-order chi connectivity index (χ1) is 11.6. The number of aromatic nitrogens is 1. The van der Waals surface area contributed by atoms with Gasteiger partial charge in [-0.05, 0) is 43.2 Å². The maximum Gasteiger partial charge on any atom is 0.315 e. The van der Waals surface area contributed by atoms with Crippen molar-refractivity contribution in [3.05, 3.63) is 58.9 Å². The third kappa shape index (κ3) is 4.17. The predicted molar refractivity (Wildman–Crippen MR) is 96.4 cm³/mol. The fourth-order valence-electron chi connectivity index (χ4n) is 2.89. The highest BCUT2D eigenvalue weighted by molar-refractivity contribution is 6.30. The van der Waals surface area contributed by atoms with Crippen LogP contribution < -0.4 is 15.5 Å². The Labute approximate surface area is 147 Å². The number of anilines is 1. The van der Waals surface area contributed by atoms with Crippen LogP contribution >= 0.6 is 11.6 Å². The van der Waals surface area contributed by atoms with Gasteiger partial charge < -0.3 is 15.5 Å². The maximum absolute atomic E-state index is 12.1. The molecule has 6 heteroatoms. The molecule has 5 nitrogen and oxygen atoms in total. The molecule has 1 fully saturated rings. The van der Waals surface area contributed by atoms with Crippen LogP contribution in [0.3, 0.4) is 0 Å². The van der Waals surface area contributed by atoms with Gasteiger partial charge in [-0.2, -0.15) is 0 Å². The number of benzene rings is 1. The lowest BCUT2D eigenvalue weighted by molar-refractivity contribution is 0.237. The second-order valence-corrected chi connectivity index (χ2v) is 6.44. The van der Waals surface area contributed by atoms with Crippen molar-refractivity contribution < 1.29 is 4.79 Å². The lowest BCUT2D eigenvalue weighted by atomic mass is 10.2. The first kappa shape index (κ1) is 16.6. The molecule has 1 saturated heterocycles. The quantitative estimate of drug-likeness (QED) is 0.896. The topological polar surface area (TPSA) is 57.3 Å². The molecule has 1 aliphatic heterocycles. The fraction of sp³-hybridized carbons (Fsp3) is 0.333. The summed E-state index contributed by atoms with van der Waals surface area (Å²) < 4.78 is 0. The minimum atomic E-state index is -0.155. The average molecular weight is 345 g/mol. The number of halogens is 1. The van der Waals surface area contributed by atoms with Gasteiger partial charge in [-0.1, -0.05) is 23.7 Å². The van der Waals surface area contributed by atoms with Crippen molar-refractivity contribution >= 4 is 23.3 Å². The van der Waals surface area contributed by atoms with Gasteiger partial charge in [0.1, 0.15) is 0 Å². The molecular formula is C18H21ClN4O. The number of hydrogen-bond donors (Lipinski definition) is 2. The Balaban J connectivity index is 1.48. The van der Waals surface area contributed by atoms with Crippen LogP contribution in [-0.2, 0) is 6.54 Å². The van der Waals surface area contributed by atoms with Gasteiger partial charge in [0.25, 0.3) is 0 Å². The summed E-state index contributed by atoms with van der Waals surface area (Å²) in [5.41, 5.74) is 3.06. The smallest absolute Gasteiger partial charge is 0.315 e. The Kier molecular flexibility index (Phi) is 5.20. The van der Waals surface area contributed by atoms with Crippen LogP contribution in [0, 0.1) is 6.92 Å². The second-order valence-electron chi connectivity index (χ2n) is 6.01. The van der Waals surface area contributed by atoms with Crippen LogP contribution in [-0.4, -0.2) is 30.1 Å². The van der Waals surface area contributed by atoms with Gasteiger partial charge in [-0.25, -0.2) is 4.79 Å². The van der Waals surface area contributed by atoms with Crippen molar-refractivity contribution in [2.45, 2.75) is 25.9 Å². The SMILES string of the molecule is Cc1cccnc1CNC(=O)N[C@H]1CCN(c2cccc(Cl)c2)C1. The molecule has 2 N–H and O–H groups in total. The predicted octanol–water partition coefficient (Wildman–Crippen LogP) is 3.12. The third-order valence-corrected chi connectivity index (χ3v) is 4.47. The second kappa shape index (κ2) is 7.53. The van der Waals surface area contributed by atoms with E-state index in [9.17, 15) is 4.79 Å². The summed E-state index contributed by atoms with van der Waals surface area (Å²) >= 11 is 6.04. The monoisotopic (exact) mass is 344 g/mol. The number of carbonyl (C=O) groups is 1. The van der Waals surface area contributed by atoms with E-state index in [1.54, 1.807) is 6.20 Å².